The second-order valence-electron chi connectivity index (χ2n) is 21.9. The molecule has 5 atom stereocenters. The number of aliphatic hydroxyl groups is 1. The lowest BCUT2D eigenvalue weighted by atomic mass is 10.0. The summed E-state index contributed by atoms with van der Waals surface area (Å²) < 4.78 is 67.5. The van der Waals surface area contributed by atoms with Gasteiger partial charge in [-0.2, -0.15) is 0 Å². The number of carbonyl (C=O) groups is 4. The summed E-state index contributed by atoms with van der Waals surface area (Å²) in [6.45, 7) is 6.99. The van der Waals surface area contributed by atoms with E-state index in [4.69, 9.17) is 37.0 Å². The maximum Gasteiger partial charge on any atom is 0.472 e. The number of aliphatic hydroxyl groups excluding tert-OH is 1. The molecule has 19 heteroatoms. The number of hydrogen-bond donors (Lipinski definition) is 3. The van der Waals surface area contributed by atoms with E-state index in [9.17, 15) is 43.2 Å². The molecule has 0 heterocycles. The minimum absolute atomic E-state index is 0.104. The van der Waals surface area contributed by atoms with Crippen molar-refractivity contribution >= 4 is 39.5 Å². The number of esters is 4. The highest BCUT2D eigenvalue weighted by atomic mass is 31.2. The molecule has 0 aromatic rings. The van der Waals surface area contributed by atoms with Crippen LogP contribution in [-0.2, 0) is 65.4 Å². The van der Waals surface area contributed by atoms with Crippen LogP contribution in [0.25, 0.3) is 0 Å². The van der Waals surface area contributed by atoms with Gasteiger partial charge in [0.2, 0.25) is 0 Å². The van der Waals surface area contributed by atoms with Crippen molar-refractivity contribution in [2.45, 2.75) is 310 Å². The zero-order valence-corrected chi connectivity index (χ0v) is 51.6. The molecule has 0 fully saturated rings. The van der Waals surface area contributed by atoms with E-state index in [1.807, 2.05) is 0 Å². The van der Waals surface area contributed by atoms with Crippen LogP contribution >= 0.6 is 15.6 Å². The Balaban J connectivity index is 5.16. The zero-order chi connectivity index (χ0) is 57.8. The van der Waals surface area contributed by atoms with Crippen molar-refractivity contribution in [3.05, 3.63) is 0 Å². The van der Waals surface area contributed by atoms with Crippen LogP contribution in [0.2, 0.25) is 0 Å². The van der Waals surface area contributed by atoms with Crippen LogP contribution in [0, 0.1) is 5.92 Å². The monoisotopic (exact) mass is 1160 g/mol. The van der Waals surface area contributed by atoms with Gasteiger partial charge in [-0.15, -0.1) is 0 Å². The molecule has 78 heavy (non-hydrogen) atoms. The van der Waals surface area contributed by atoms with Gasteiger partial charge in [0.25, 0.3) is 0 Å². The van der Waals surface area contributed by atoms with Gasteiger partial charge in [0.05, 0.1) is 26.4 Å². The van der Waals surface area contributed by atoms with Crippen molar-refractivity contribution in [3.8, 4) is 0 Å². The number of rotatable bonds is 59. The summed E-state index contributed by atoms with van der Waals surface area (Å²) in [5, 5.41) is 10.5. The van der Waals surface area contributed by atoms with Crippen molar-refractivity contribution in [2.75, 3.05) is 39.6 Å². The molecule has 0 spiro atoms. The Morgan fingerprint density at radius 2 is 0.590 bits per heavy atom. The van der Waals surface area contributed by atoms with Crippen molar-refractivity contribution in [1.29, 1.82) is 0 Å². The summed E-state index contributed by atoms with van der Waals surface area (Å²) in [6.07, 6.45) is 35.3. The molecule has 0 saturated heterocycles. The largest absolute Gasteiger partial charge is 0.472 e. The van der Waals surface area contributed by atoms with E-state index in [0.29, 0.717) is 31.6 Å². The Hall–Kier alpha value is -1.94. The Labute approximate surface area is 473 Å². The molecular formula is C59H114O17P2. The zero-order valence-electron chi connectivity index (χ0n) is 49.8. The topological polar surface area (TPSA) is 237 Å². The summed E-state index contributed by atoms with van der Waals surface area (Å²) >= 11 is 0. The minimum atomic E-state index is -4.94. The van der Waals surface area contributed by atoms with Crippen LogP contribution in [0.1, 0.15) is 291 Å². The fourth-order valence-corrected chi connectivity index (χ4v) is 10.3. The van der Waals surface area contributed by atoms with Crippen LogP contribution in [0.4, 0.5) is 0 Å². The number of ether oxygens (including phenoxy) is 4. The third-order valence-corrected chi connectivity index (χ3v) is 15.4. The van der Waals surface area contributed by atoms with Crippen molar-refractivity contribution in [1.82, 2.24) is 0 Å². The second-order valence-corrected chi connectivity index (χ2v) is 24.8. The van der Waals surface area contributed by atoms with Gasteiger partial charge in [-0.3, -0.25) is 37.3 Å². The number of unbranched alkanes of at least 4 members (excludes halogenated alkanes) is 31. The van der Waals surface area contributed by atoms with Crippen molar-refractivity contribution in [2.24, 2.45) is 5.92 Å². The maximum atomic E-state index is 12.9. The SMILES string of the molecule is CCCCCCCCCCCCCCCCCC(=O)O[C@H](COC(=O)CCCCCCCCCC(C)C)COP(=O)(O)OC[C@@H](O)COP(=O)(O)OC[C@@H](COC(=O)CCCCCCC)OC(=O)CCCCCCCCCC. The first-order valence-corrected chi connectivity index (χ1v) is 34.1. The molecule has 0 aliphatic heterocycles. The molecule has 0 aliphatic rings. The number of hydrogen-bond acceptors (Lipinski definition) is 15. The predicted molar refractivity (Wildman–Crippen MR) is 308 cm³/mol. The lowest BCUT2D eigenvalue weighted by molar-refractivity contribution is -0.161. The smallest absolute Gasteiger partial charge is 0.462 e. The van der Waals surface area contributed by atoms with E-state index in [0.717, 1.165) is 109 Å². The predicted octanol–water partition coefficient (Wildman–Crippen LogP) is 15.8. The van der Waals surface area contributed by atoms with Gasteiger partial charge in [-0.1, -0.05) is 240 Å². The molecular weight excluding hydrogens is 1040 g/mol. The van der Waals surface area contributed by atoms with Crippen molar-refractivity contribution in [3.63, 3.8) is 0 Å². The Morgan fingerprint density at radius 1 is 0.346 bits per heavy atom. The molecule has 0 amide bonds. The van der Waals surface area contributed by atoms with Gasteiger partial charge in [0.1, 0.15) is 19.3 Å². The first-order valence-electron chi connectivity index (χ1n) is 31.1. The minimum Gasteiger partial charge on any atom is -0.462 e. The fourth-order valence-electron chi connectivity index (χ4n) is 8.70. The quantitative estimate of drug-likeness (QED) is 0.0222. The van der Waals surface area contributed by atoms with Crippen LogP contribution in [0.3, 0.4) is 0 Å². The van der Waals surface area contributed by atoms with Gasteiger partial charge in [0, 0.05) is 25.7 Å². The van der Waals surface area contributed by atoms with Gasteiger partial charge < -0.3 is 33.8 Å². The van der Waals surface area contributed by atoms with Crippen LogP contribution in [0.5, 0.6) is 0 Å². The molecule has 3 N–H and O–H groups in total. The highest BCUT2D eigenvalue weighted by Gasteiger charge is 2.30. The molecule has 17 nitrogen and oxygen atoms in total. The van der Waals surface area contributed by atoms with Gasteiger partial charge >= 0.3 is 39.5 Å². The van der Waals surface area contributed by atoms with Gasteiger partial charge in [-0.25, -0.2) is 9.13 Å². The summed E-state index contributed by atoms with van der Waals surface area (Å²) in [5.74, 6) is -1.45. The number of phosphoric acid groups is 2. The molecule has 0 radical (unpaired) electrons. The summed E-state index contributed by atoms with van der Waals surface area (Å²) in [6, 6.07) is 0. The number of carbonyl (C=O) groups excluding carboxylic acids is 4. The molecule has 0 rings (SSSR count). The standard InChI is InChI=1S/C59H114O17P2/c1-6-9-12-15-17-19-20-21-22-23-24-25-29-35-40-45-59(64)76-55(49-70-57(62)43-38-33-30-26-27-32-36-41-52(4)5)51-74-78(67,68)72-47-53(60)46-71-77(65,66)73-50-54(48-69-56(61)42-37-31-14-11-8-3)75-58(63)44-39-34-28-18-16-13-10-7-2/h52-55,60H,6-51H2,1-5H3,(H,65,66)(H,67,68)/t53-,54+,55+/m0/s1. The molecule has 462 valence electrons. The Morgan fingerprint density at radius 3 is 0.872 bits per heavy atom. The van der Waals surface area contributed by atoms with E-state index in [1.54, 1.807) is 0 Å². The van der Waals surface area contributed by atoms with Gasteiger partial charge in [0.15, 0.2) is 12.2 Å². The summed E-state index contributed by atoms with van der Waals surface area (Å²) in [7, 11) is -9.86. The van der Waals surface area contributed by atoms with Crippen molar-refractivity contribution < 1.29 is 80.2 Å². The van der Waals surface area contributed by atoms with Gasteiger partial charge in [-0.05, 0) is 31.6 Å². The normalized spacial score (nSPS) is 14.4. The molecule has 0 aliphatic carbocycles. The third kappa shape index (κ3) is 53.4. The van der Waals surface area contributed by atoms with E-state index in [2.05, 4.69) is 34.6 Å². The number of phosphoric ester groups is 2. The van der Waals surface area contributed by atoms with E-state index >= 15 is 0 Å². The fraction of sp³-hybridized carbons (Fsp3) is 0.932. The Bertz CT molecular complexity index is 1530. The van der Waals surface area contributed by atoms with Crippen LogP contribution < -0.4 is 0 Å². The summed E-state index contributed by atoms with van der Waals surface area (Å²) in [5.41, 5.74) is 0. The third-order valence-electron chi connectivity index (χ3n) is 13.5. The molecule has 0 bridgehead atoms. The maximum absolute atomic E-state index is 12.9. The molecule has 0 aromatic carbocycles. The first-order chi connectivity index (χ1) is 37.5. The Kier molecular flexibility index (Phi) is 51.8. The van der Waals surface area contributed by atoms with Crippen LogP contribution in [0.15, 0.2) is 0 Å². The second kappa shape index (κ2) is 53.1. The van der Waals surface area contributed by atoms with E-state index in [-0.39, 0.29) is 25.7 Å². The average molecular weight is 1160 g/mol. The average Bonchev–Trinajstić information content (AvgIpc) is 3.40. The van der Waals surface area contributed by atoms with E-state index < -0.39 is 97.5 Å². The molecule has 0 aromatic heterocycles. The summed E-state index contributed by atoms with van der Waals surface area (Å²) in [4.78, 5) is 71.6. The highest BCUT2D eigenvalue weighted by Crippen LogP contribution is 2.45. The molecule has 0 saturated carbocycles. The van der Waals surface area contributed by atoms with E-state index in [1.165, 1.54) is 96.3 Å². The van der Waals surface area contributed by atoms with Crippen LogP contribution in [-0.4, -0.2) is 96.7 Å². The highest BCUT2D eigenvalue weighted by molar-refractivity contribution is 7.47. The lowest BCUT2D eigenvalue weighted by Crippen LogP contribution is -2.30. The first kappa shape index (κ1) is 76.1. The lowest BCUT2D eigenvalue weighted by Gasteiger charge is -2.21. The molecule has 2 unspecified atom stereocenters.